The van der Waals surface area contributed by atoms with E-state index in [-0.39, 0.29) is 6.54 Å². The van der Waals surface area contributed by atoms with Gasteiger partial charge in [-0.05, 0) is 20.3 Å². The van der Waals surface area contributed by atoms with E-state index in [0.717, 1.165) is 0 Å². The Kier molecular flexibility index (Phi) is 3.14. The third-order valence-corrected chi connectivity index (χ3v) is 3.08. The average molecular weight is 202 g/mol. The first-order valence-corrected chi connectivity index (χ1v) is 4.79. The van der Waals surface area contributed by atoms with Gasteiger partial charge in [0.25, 0.3) is 0 Å². The van der Waals surface area contributed by atoms with Crippen LogP contribution in [0.25, 0.3) is 0 Å². The smallest absolute Gasteiger partial charge is 0.322 e. The quantitative estimate of drug-likeness (QED) is 0.560. The van der Waals surface area contributed by atoms with Crippen LogP contribution in [0.4, 0.5) is 0 Å². The number of nitrogens with two attached hydrogens (primary N) is 1. The van der Waals surface area contributed by atoms with Gasteiger partial charge in [0.1, 0.15) is 6.04 Å². The van der Waals surface area contributed by atoms with Gasteiger partial charge in [-0.3, -0.25) is 9.69 Å². The number of hydrogen-bond donors (Lipinski definition) is 3. The summed E-state index contributed by atoms with van der Waals surface area (Å²) in [6.07, 6.45) is 0.132. The van der Waals surface area contributed by atoms with Gasteiger partial charge >= 0.3 is 5.97 Å². The van der Waals surface area contributed by atoms with Gasteiger partial charge in [0.2, 0.25) is 0 Å². The van der Waals surface area contributed by atoms with Gasteiger partial charge in [-0.1, -0.05) is 0 Å². The molecule has 14 heavy (non-hydrogen) atoms. The van der Waals surface area contributed by atoms with Crippen LogP contribution in [-0.4, -0.2) is 51.9 Å². The molecule has 1 aliphatic heterocycles. The Balaban J connectivity index is 2.82. The minimum Gasteiger partial charge on any atom is -0.480 e. The van der Waals surface area contributed by atoms with Crippen LogP contribution < -0.4 is 5.73 Å². The zero-order valence-corrected chi connectivity index (χ0v) is 8.60. The molecule has 0 aromatic heterocycles. The highest BCUT2D eigenvalue weighted by molar-refractivity contribution is 5.74. The molecule has 1 fully saturated rings. The highest BCUT2D eigenvalue weighted by atomic mass is 16.4. The van der Waals surface area contributed by atoms with Crippen molar-refractivity contribution in [3.63, 3.8) is 0 Å². The van der Waals surface area contributed by atoms with Crippen molar-refractivity contribution in [3.8, 4) is 0 Å². The second-order valence-electron chi connectivity index (χ2n) is 4.24. The zero-order chi connectivity index (χ0) is 10.9. The molecular weight excluding hydrogens is 184 g/mol. The van der Waals surface area contributed by atoms with Crippen molar-refractivity contribution < 1.29 is 15.0 Å². The molecule has 0 aromatic carbocycles. The maximum Gasteiger partial charge on any atom is 0.322 e. The number of aliphatic carboxylic acids is 1. The number of aliphatic hydroxyl groups excluding tert-OH is 1. The molecule has 4 N–H and O–H groups in total. The normalized spacial score (nSPS) is 29.0. The third kappa shape index (κ3) is 1.75. The largest absolute Gasteiger partial charge is 0.480 e. The molecule has 1 heterocycles. The summed E-state index contributed by atoms with van der Waals surface area (Å²) in [6.45, 7) is 4.35. The first kappa shape index (κ1) is 11.4. The van der Waals surface area contributed by atoms with Gasteiger partial charge in [-0.25, -0.2) is 0 Å². The monoisotopic (exact) mass is 202 g/mol. The molecule has 0 aliphatic carbocycles. The summed E-state index contributed by atoms with van der Waals surface area (Å²) >= 11 is 0. The Morgan fingerprint density at radius 1 is 1.71 bits per heavy atom. The Morgan fingerprint density at radius 3 is 2.57 bits per heavy atom. The summed E-state index contributed by atoms with van der Waals surface area (Å²) in [6, 6.07) is -0.692. The van der Waals surface area contributed by atoms with Crippen LogP contribution in [-0.2, 0) is 4.79 Å². The molecule has 5 nitrogen and oxygen atoms in total. The summed E-state index contributed by atoms with van der Waals surface area (Å²) in [5, 5.41) is 18.6. The van der Waals surface area contributed by atoms with E-state index in [9.17, 15) is 9.90 Å². The summed E-state index contributed by atoms with van der Waals surface area (Å²) in [4.78, 5) is 12.7. The highest BCUT2D eigenvalue weighted by Crippen LogP contribution is 2.30. The summed E-state index contributed by atoms with van der Waals surface area (Å²) < 4.78 is 0. The topological polar surface area (TPSA) is 86.8 Å². The molecule has 82 valence electrons. The molecule has 0 radical (unpaired) electrons. The number of carboxylic acids is 1. The Hall–Kier alpha value is -0.650. The maximum absolute atomic E-state index is 10.9. The second-order valence-corrected chi connectivity index (χ2v) is 4.24. The maximum atomic E-state index is 10.9. The molecule has 1 rings (SSSR count). The molecule has 0 aromatic rings. The van der Waals surface area contributed by atoms with Crippen LogP contribution >= 0.6 is 0 Å². The molecule has 2 atom stereocenters. The van der Waals surface area contributed by atoms with Gasteiger partial charge in [0.15, 0.2) is 0 Å². The van der Waals surface area contributed by atoms with Crippen LogP contribution in [0.15, 0.2) is 0 Å². The molecular formula is C9H18N2O3. The predicted octanol–water partition coefficient (Wildman–Crippen LogP) is -0.756. The van der Waals surface area contributed by atoms with Crippen molar-refractivity contribution in [1.29, 1.82) is 0 Å². The molecule has 0 amide bonds. The van der Waals surface area contributed by atoms with Gasteiger partial charge in [0.05, 0.1) is 6.10 Å². The summed E-state index contributed by atoms with van der Waals surface area (Å²) in [7, 11) is 0. The lowest BCUT2D eigenvalue weighted by Gasteiger charge is -2.37. The van der Waals surface area contributed by atoms with Gasteiger partial charge in [-0.2, -0.15) is 0 Å². The van der Waals surface area contributed by atoms with Crippen LogP contribution in [0.3, 0.4) is 0 Å². The fraction of sp³-hybridized carbons (Fsp3) is 0.889. The van der Waals surface area contributed by atoms with Gasteiger partial charge < -0.3 is 15.9 Å². The standard InChI is InChI=1S/C9H18N2O3/c1-9(2)7(12)3-4-11(9)6(5-10)8(13)14/h6-7,12H,3-5,10H2,1-2H3,(H,13,14). The number of rotatable bonds is 3. The molecule has 2 unspecified atom stereocenters. The van der Waals surface area contributed by atoms with E-state index in [0.29, 0.717) is 13.0 Å². The Bertz CT molecular complexity index is 230. The number of carboxylic acid groups (broad SMARTS) is 1. The first-order chi connectivity index (χ1) is 6.41. The van der Waals surface area contributed by atoms with E-state index in [2.05, 4.69) is 0 Å². The number of carbonyl (C=O) groups is 1. The highest BCUT2D eigenvalue weighted by Gasteiger charge is 2.45. The zero-order valence-electron chi connectivity index (χ0n) is 8.60. The number of hydrogen-bond acceptors (Lipinski definition) is 4. The molecule has 1 aliphatic rings. The molecule has 0 bridgehead atoms. The van der Waals surface area contributed by atoms with Crippen molar-refractivity contribution >= 4 is 5.97 Å². The summed E-state index contributed by atoms with van der Waals surface area (Å²) in [5.74, 6) is -0.922. The number of likely N-dealkylation sites (tertiary alicyclic amines) is 1. The van der Waals surface area contributed by atoms with Crippen molar-refractivity contribution in [2.45, 2.75) is 38.0 Å². The van der Waals surface area contributed by atoms with E-state index in [1.165, 1.54) is 0 Å². The lowest BCUT2D eigenvalue weighted by Crippen LogP contribution is -2.55. The van der Waals surface area contributed by atoms with Crippen LogP contribution in [0, 0.1) is 0 Å². The van der Waals surface area contributed by atoms with Crippen molar-refractivity contribution in [1.82, 2.24) is 4.90 Å². The minimum absolute atomic E-state index is 0.0749. The fourth-order valence-corrected chi connectivity index (χ4v) is 2.01. The van der Waals surface area contributed by atoms with Gasteiger partial charge in [-0.15, -0.1) is 0 Å². The predicted molar refractivity (Wildman–Crippen MR) is 51.9 cm³/mol. The first-order valence-electron chi connectivity index (χ1n) is 4.79. The lowest BCUT2D eigenvalue weighted by atomic mass is 9.97. The Morgan fingerprint density at radius 2 is 2.29 bits per heavy atom. The van der Waals surface area contributed by atoms with Crippen molar-refractivity contribution in [2.24, 2.45) is 5.73 Å². The van der Waals surface area contributed by atoms with Crippen LogP contribution in [0.5, 0.6) is 0 Å². The number of nitrogens with zero attached hydrogens (tertiary/aromatic N) is 1. The van der Waals surface area contributed by atoms with E-state index in [1.807, 2.05) is 13.8 Å². The molecule has 1 saturated heterocycles. The van der Waals surface area contributed by atoms with Crippen molar-refractivity contribution in [2.75, 3.05) is 13.1 Å². The lowest BCUT2D eigenvalue weighted by molar-refractivity contribution is -0.145. The minimum atomic E-state index is -0.922. The molecule has 5 heteroatoms. The fourth-order valence-electron chi connectivity index (χ4n) is 2.01. The Labute approximate surface area is 83.5 Å². The van der Waals surface area contributed by atoms with E-state index in [4.69, 9.17) is 10.8 Å². The van der Waals surface area contributed by atoms with E-state index in [1.54, 1.807) is 4.90 Å². The van der Waals surface area contributed by atoms with Gasteiger partial charge in [0, 0.05) is 18.6 Å². The van der Waals surface area contributed by atoms with Crippen LogP contribution in [0.2, 0.25) is 0 Å². The summed E-state index contributed by atoms with van der Waals surface area (Å²) in [5.41, 5.74) is 4.92. The molecule has 0 saturated carbocycles. The third-order valence-electron chi connectivity index (χ3n) is 3.08. The van der Waals surface area contributed by atoms with Crippen molar-refractivity contribution in [3.05, 3.63) is 0 Å². The molecule has 0 spiro atoms. The number of aliphatic hydroxyl groups is 1. The van der Waals surface area contributed by atoms with E-state index >= 15 is 0 Å². The average Bonchev–Trinajstić information content (AvgIpc) is 2.32. The van der Waals surface area contributed by atoms with Crippen LogP contribution in [0.1, 0.15) is 20.3 Å². The van der Waals surface area contributed by atoms with E-state index < -0.39 is 23.7 Å². The second kappa shape index (κ2) is 3.84. The SMILES string of the molecule is CC1(C)C(O)CCN1C(CN)C(=O)O.